The number of hydrogen-bond acceptors (Lipinski definition) is 2. The van der Waals surface area contributed by atoms with E-state index in [1.165, 1.54) is 6.07 Å². The van der Waals surface area contributed by atoms with Crippen molar-refractivity contribution in [3.63, 3.8) is 0 Å². The van der Waals surface area contributed by atoms with Crippen LogP contribution in [0.15, 0.2) is 24.3 Å². The minimum Gasteiger partial charge on any atom is -0.480 e. The van der Waals surface area contributed by atoms with E-state index in [0.717, 1.165) is 0 Å². The van der Waals surface area contributed by atoms with Crippen molar-refractivity contribution in [1.29, 1.82) is 0 Å². The van der Waals surface area contributed by atoms with E-state index >= 15 is 0 Å². The second-order valence-corrected chi connectivity index (χ2v) is 4.62. The molecular formula is C13H14FNO3. The van der Waals surface area contributed by atoms with E-state index in [1.54, 1.807) is 18.2 Å². The molecule has 1 fully saturated rings. The summed E-state index contributed by atoms with van der Waals surface area (Å²) in [6.45, 7) is -0.391. The van der Waals surface area contributed by atoms with Crippen LogP contribution in [0.5, 0.6) is 0 Å². The van der Waals surface area contributed by atoms with E-state index in [-0.39, 0.29) is 11.7 Å². The summed E-state index contributed by atoms with van der Waals surface area (Å²) in [6, 6.07) is 6.34. The van der Waals surface area contributed by atoms with Crippen LogP contribution in [0.25, 0.3) is 0 Å². The minimum absolute atomic E-state index is 0.298. The van der Waals surface area contributed by atoms with E-state index < -0.39 is 17.9 Å². The Hall–Kier alpha value is -1.91. The first-order valence-corrected chi connectivity index (χ1v) is 5.77. The average Bonchev–Trinajstić information content (AvgIpc) is 3.10. The molecule has 18 heavy (non-hydrogen) atoms. The van der Waals surface area contributed by atoms with Gasteiger partial charge in [0.2, 0.25) is 5.91 Å². The van der Waals surface area contributed by atoms with E-state index in [4.69, 9.17) is 5.11 Å². The predicted molar refractivity (Wildman–Crippen MR) is 62.4 cm³/mol. The van der Waals surface area contributed by atoms with E-state index in [0.29, 0.717) is 24.8 Å². The third-order valence-corrected chi connectivity index (χ3v) is 3.22. The number of carbonyl (C=O) groups excluding carboxylic acids is 1. The van der Waals surface area contributed by atoms with Gasteiger partial charge >= 0.3 is 5.97 Å². The molecule has 0 bridgehead atoms. The van der Waals surface area contributed by atoms with Gasteiger partial charge in [0.25, 0.3) is 0 Å². The highest BCUT2D eigenvalue weighted by Crippen LogP contribution is 2.48. The number of aliphatic carboxylic acids is 1. The molecule has 1 amide bonds. The zero-order chi connectivity index (χ0) is 13.2. The van der Waals surface area contributed by atoms with Crippen LogP contribution in [0.1, 0.15) is 18.4 Å². The Morgan fingerprint density at radius 1 is 1.33 bits per heavy atom. The molecule has 5 heteroatoms. The Kier molecular flexibility index (Phi) is 3.32. The number of carbonyl (C=O) groups is 2. The van der Waals surface area contributed by atoms with Crippen molar-refractivity contribution in [1.82, 2.24) is 5.32 Å². The summed E-state index contributed by atoms with van der Waals surface area (Å²) >= 11 is 0. The van der Waals surface area contributed by atoms with Crippen LogP contribution >= 0.6 is 0 Å². The number of carboxylic acid groups (broad SMARTS) is 1. The van der Waals surface area contributed by atoms with Crippen molar-refractivity contribution in [3.05, 3.63) is 35.6 Å². The molecule has 1 aliphatic rings. The van der Waals surface area contributed by atoms with Crippen molar-refractivity contribution in [2.75, 3.05) is 6.54 Å². The largest absolute Gasteiger partial charge is 0.480 e. The molecule has 1 aliphatic carbocycles. The van der Waals surface area contributed by atoms with Gasteiger partial charge in [0.05, 0.1) is 5.41 Å². The van der Waals surface area contributed by atoms with Crippen LogP contribution in [0.2, 0.25) is 0 Å². The first-order chi connectivity index (χ1) is 8.53. The number of halogens is 1. The fourth-order valence-corrected chi connectivity index (χ4v) is 1.98. The number of carboxylic acids is 1. The van der Waals surface area contributed by atoms with Gasteiger partial charge in [0, 0.05) is 0 Å². The first-order valence-electron chi connectivity index (χ1n) is 5.77. The molecule has 4 nitrogen and oxygen atoms in total. The molecule has 96 valence electrons. The number of benzene rings is 1. The number of amides is 1. The SMILES string of the molecule is O=C(O)CNC(=O)C1(Cc2ccccc2F)CC1. The minimum atomic E-state index is -1.08. The lowest BCUT2D eigenvalue weighted by Crippen LogP contribution is -2.36. The van der Waals surface area contributed by atoms with Crippen LogP contribution in [-0.2, 0) is 16.0 Å². The zero-order valence-electron chi connectivity index (χ0n) is 9.78. The van der Waals surface area contributed by atoms with Crippen molar-refractivity contribution >= 4 is 11.9 Å². The second-order valence-electron chi connectivity index (χ2n) is 4.62. The Morgan fingerprint density at radius 2 is 2.00 bits per heavy atom. The smallest absolute Gasteiger partial charge is 0.322 e. The molecular weight excluding hydrogens is 237 g/mol. The highest BCUT2D eigenvalue weighted by Gasteiger charge is 2.49. The molecule has 0 spiro atoms. The number of nitrogens with one attached hydrogen (secondary N) is 1. The summed E-state index contributed by atoms with van der Waals surface area (Å²) in [4.78, 5) is 22.2. The summed E-state index contributed by atoms with van der Waals surface area (Å²) in [5.41, 5.74) is -0.113. The van der Waals surface area contributed by atoms with Gasteiger partial charge in [-0.1, -0.05) is 18.2 Å². The highest BCUT2D eigenvalue weighted by atomic mass is 19.1. The molecule has 1 saturated carbocycles. The van der Waals surface area contributed by atoms with Crippen LogP contribution in [0.3, 0.4) is 0 Å². The predicted octanol–water partition coefficient (Wildman–Crippen LogP) is 1.35. The molecule has 1 aromatic carbocycles. The molecule has 0 aliphatic heterocycles. The van der Waals surface area contributed by atoms with Gasteiger partial charge in [-0.05, 0) is 30.9 Å². The second kappa shape index (κ2) is 4.76. The Morgan fingerprint density at radius 3 is 2.56 bits per heavy atom. The fraction of sp³-hybridized carbons (Fsp3) is 0.385. The lowest BCUT2D eigenvalue weighted by molar-refractivity contribution is -0.138. The molecule has 0 heterocycles. The van der Waals surface area contributed by atoms with Gasteiger partial charge in [0.15, 0.2) is 0 Å². The highest BCUT2D eigenvalue weighted by molar-refractivity contribution is 5.88. The van der Waals surface area contributed by atoms with Crippen molar-refractivity contribution in [2.45, 2.75) is 19.3 Å². The Labute approximate surface area is 104 Å². The van der Waals surface area contributed by atoms with E-state index in [9.17, 15) is 14.0 Å². The maximum Gasteiger partial charge on any atom is 0.322 e. The maximum atomic E-state index is 13.5. The van der Waals surface area contributed by atoms with Crippen LogP contribution in [0, 0.1) is 11.2 Å². The Bertz CT molecular complexity index is 483. The lowest BCUT2D eigenvalue weighted by Gasteiger charge is -2.14. The molecule has 2 N–H and O–H groups in total. The third-order valence-electron chi connectivity index (χ3n) is 3.22. The molecule has 0 radical (unpaired) electrons. The molecule has 0 atom stereocenters. The standard InChI is InChI=1S/C13H14FNO3/c14-10-4-2-1-3-9(10)7-13(5-6-13)12(18)15-8-11(16)17/h1-4H,5-8H2,(H,15,18)(H,16,17). The molecule has 0 aromatic heterocycles. The lowest BCUT2D eigenvalue weighted by atomic mass is 9.95. The quantitative estimate of drug-likeness (QED) is 0.830. The van der Waals surface area contributed by atoms with Crippen molar-refractivity contribution in [3.8, 4) is 0 Å². The summed E-state index contributed by atoms with van der Waals surface area (Å²) in [5, 5.41) is 10.9. The topological polar surface area (TPSA) is 66.4 Å². The fourth-order valence-electron chi connectivity index (χ4n) is 1.98. The third kappa shape index (κ3) is 2.67. The van der Waals surface area contributed by atoms with Gasteiger partial charge in [-0.2, -0.15) is 0 Å². The summed E-state index contributed by atoms with van der Waals surface area (Å²) < 4.78 is 13.5. The van der Waals surface area contributed by atoms with Gasteiger partial charge in [-0.3, -0.25) is 9.59 Å². The molecule has 0 saturated heterocycles. The average molecular weight is 251 g/mol. The summed E-state index contributed by atoms with van der Waals surface area (Å²) in [7, 11) is 0. The zero-order valence-corrected chi connectivity index (χ0v) is 9.78. The summed E-state index contributed by atoms with van der Waals surface area (Å²) in [6.07, 6.45) is 1.67. The van der Waals surface area contributed by atoms with Crippen molar-refractivity contribution < 1.29 is 19.1 Å². The van der Waals surface area contributed by atoms with E-state index in [2.05, 4.69) is 5.32 Å². The maximum absolute atomic E-state index is 13.5. The molecule has 1 aromatic rings. The van der Waals surface area contributed by atoms with Gasteiger partial charge in [-0.15, -0.1) is 0 Å². The van der Waals surface area contributed by atoms with Crippen LogP contribution in [-0.4, -0.2) is 23.5 Å². The Balaban J connectivity index is 2.02. The monoisotopic (exact) mass is 251 g/mol. The van der Waals surface area contributed by atoms with Crippen LogP contribution < -0.4 is 5.32 Å². The number of rotatable bonds is 5. The molecule has 2 rings (SSSR count). The van der Waals surface area contributed by atoms with Gasteiger partial charge in [-0.25, -0.2) is 4.39 Å². The van der Waals surface area contributed by atoms with Gasteiger partial charge in [0.1, 0.15) is 12.4 Å². The van der Waals surface area contributed by atoms with Gasteiger partial charge < -0.3 is 10.4 Å². The number of hydrogen-bond donors (Lipinski definition) is 2. The van der Waals surface area contributed by atoms with Crippen molar-refractivity contribution in [2.24, 2.45) is 5.41 Å². The van der Waals surface area contributed by atoms with E-state index in [1.807, 2.05) is 0 Å². The molecule has 0 unspecified atom stereocenters. The van der Waals surface area contributed by atoms with Crippen LogP contribution in [0.4, 0.5) is 4.39 Å². The summed E-state index contributed by atoms with van der Waals surface area (Å²) in [5.74, 6) is -1.70. The first kappa shape index (κ1) is 12.5. The normalized spacial score (nSPS) is 16.1.